The van der Waals surface area contributed by atoms with Crippen LogP contribution >= 0.6 is 11.7 Å². The van der Waals surface area contributed by atoms with E-state index in [1.54, 1.807) is 20.8 Å². The van der Waals surface area contributed by atoms with Crippen LogP contribution in [0, 0.1) is 5.92 Å². The summed E-state index contributed by atoms with van der Waals surface area (Å²) in [6.07, 6.45) is 3.83. The molecule has 0 amide bonds. The van der Waals surface area contributed by atoms with E-state index in [4.69, 9.17) is 0 Å². The predicted octanol–water partition coefficient (Wildman–Crippen LogP) is 3.38. The van der Waals surface area contributed by atoms with E-state index in [0.717, 1.165) is 48.9 Å². The molecular formula is C17H26N4O2S2. The fourth-order valence-corrected chi connectivity index (χ4v) is 4.66. The van der Waals surface area contributed by atoms with Crippen LogP contribution in [0.4, 0.5) is 5.69 Å². The van der Waals surface area contributed by atoms with Crippen LogP contribution in [0.3, 0.4) is 0 Å². The molecule has 0 aliphatic heterocycles. The zero-order valence-corrected chi connectivity index (χ0v) is 16.6. The summed E-state index contributed by atoms with van der Waals surface area (Å²) in [5.74, 6) is 0.553. The number of hydrogen-bond acceptors (Lipinski definition) is 6. The van der Waals surface area contributed by atoms with Crippen LogP contribution in [0.1, 0.15) is 46.5 Å². The van der Waals surface area contributed by atoms with Crippen LogP contribution in [0.2, 0.25) is 0 Å². The van der Waals surface area contributed by atoms with Gasteiger partial charge in [0.1, 0.15) is 11.0 Å². The monoisotopic (exact) mass is 382 g/mol. The van der Waals surface area contributed by atoms with Crippen molar-refractivity contribution in [3.8, 4) is 0 Å². The van der Waals surface area contributed by atoms with Gasteiger partial charge in [-0.25, -0.2) is 13.1 Å². The molecule has 1 aliphatic rings. The Morgan fingerprint density at radius 3 is 2.56 bits per heavy atom. The van der Waals surface area contributed by atoms with Gasteiger partial charge in [0.25, 0.3) is 0 Å². The Bertz CT molecular complexity index is 819. The van der Waals surface area contributed by atoms with E-state index in [-0.39, 0.29) is 6.04 Å². The fraction of sp³-hybridized carbons (Fsp3) is 0.647. The van der Waals surface area contributed by atoms with Gasteiger partial charge in [-0.1, -0.05) is 6.07 Å². The van der Waals surface area contributed by atoms with Crippen molar-refractivity contribution < 1.29 is 8.42 Å². The maximum absolute atomic E-state index is 12.3. The minimum Gasteiger partial charge on any atom is -0.383 e. The molecule has 3 rings (SSSR count). The van der Waals surface area contributed by atoms with Gasteiger partial charge in [-0.05, 0) is 64.5 Å². The molecule has 1 aromatic heterocycles. The summed E-state index contributed by atoms with van der Waals surface area (Å²) >= 11 is 1.23. The highest BCUT2D eigenvalue weighted by molar-refractivity contribution is 7.90. The molecule has 138 valence electrons. The normalized spacial score (nSPS) is 22.2. The Labute approximate surface area is 153 Å². The molecule has 2 aromatic rings. The number of sulfonamides is 1. The SMILES string of the molecule is CC(C)(C)S(=O)(=O)NC1CCC(CNc2cccc3nsnc23)CC1. The highest BCUT2D eigenvalue weighted by Gasteiger charge is 2.32. The Morgan fingerprint density at radius 2 is 1.88 bits per heavy atom. The van der Waals surface area contributed by atoms with E-state index in [9.17, 15) is 8.42 Å². The number of rotatable bonds is 5. The van der Waals surface area contributed by atoms with Gasteiger partial charge in [-0.2, -0.15) is 8.75 Å². The van der Waals surface area contributed by atoms with Crippen LogP contribution in [-0.4, -0.2) is 34.5 Å². The summed E-state index contributed by atoms with van der Waals surface area (Å²) in [6, 6.07) is 6.06. The molecule has 1 aliphatic carbocycles. The number of hydrogen-bond donors (Lipinski definition) is 2. The first kappa shape index (κ1) is 18.5. The lowest BCUT2D eigenvalue weighted by Crippen LogP contribution is -2.46. The van der Waals surface area contributed by atoms with Crippen molar-refractivity contribution in [1.29, 1.82) is 0 Å². The largest absolute Gasteiger partial charge is 0.383 e. The smallest absolute Gasteiger partial charge is 0.216 e. The second kappa shape index (κ2) is 7.17. The Balaban J connectivity index is 1.51. The van der Waals surface area contributed by atoms with Gasteiger partial charge in [-0.15, -0.1) is 0 Å². The van der Waals surface area contributed by atoms with Crippen LogP contribution < -0.4 is 10.0 Å². The molecule has 1 fully saturated rings. The summed E-state index contributed by atoms with van der Waals surface area (Å²) in [7, 11) is -3.27. The standard InChI is InChI=1S/C17H26N4O2S2/c1-17(2,3)25(22,23)21-13-9-7-12(8-10-13)11-18-14-5-4-6-15-16(14)20-24-19-15/h4-6,12-13,18,21H,7-11H2,1-3H3. The van der Waals surface area contributed by atoms with Crippen molar-refractivity contribution in [1.82, 2.24) is 13.5 Å². The molecule has 8 heteroatoms. The molecule has 25 heavy (non-hydrogen) atoms. The Kier molecular flexibility index (Phi) is 5.31. The van der Waals surface area contributed by atoms with Crippen LogP contribution in [0.5, 0.6) is 0 Å². The van der Waals surface area contributed by atoms with Crippen molar-refractivity contribution in [2.24, 2.45) is 5.92 Å². The molecule has 0 bridgehead atoms. The average molecular weight is 383 g/mol. The first-order valence-electron chi connectivity index (χ1n) is 8.73. The van der Waals surface area contributed by atoms with Gasteiger partial charge in [0, 0.05) is 12.6 Å². The molecule has 1 heterocycles. The van der Waals surface area contributed by atoms with Gasteiger partial charge in [-0.3, -0.25) is 0 Å². The summed E-state index contributed by atoms with van der Waals surface area (Å²) < 4.78 is 35.3. The molecule has 0 radical (unpaired) electrons. The molecule has 1 aromatic carbocycles. The molecular weight excluding hydrogens is 356 g/mol. The molecule has 2 N–H and O–H groups in total. The van der Waals surface area contributed by atoms with E-state index in [1.165, 1.54) is 11.7 Å². The number of fused-ring (bicyclic) bond motifs is 1. The number of anilines is 1. The van der Waals surface area contributed by atoms with E-state index >= 15 is 0 Å². The maximum Gasteiger partial charge on any atom is 0.216 e. The average Bonchev–Trinajstić information content (AvgIpc) is 3.02. The minimum absolute atomic E-state index is 0.0617. The predicted molar refractivity (Wildman–Crippen MR) is 103 cm³/mol. The molecule has 6 nitrogen and oxygen atoms in total. The lowest BCUT2D eigenvalue weighted by molar-refractivity contribution is 0.322. The highest BCUT2D eigenvalue weighted by Crippen LogP contribution is 2.28. The number of nitrogens with zero attached hydrogens (tertiary/aromatic N) is 2. The summed E-state index contributed by atoms with van der Waals surface area (Å²) in [4.78, 5) is 0. The van der Waals surface area contributed by atoms with E-state index < -0.39 is 14.8 Å². The van der Waals surface area contributed by atoms with Gasteiger partial charge in [0.05, 0.1) is 22.2 Å². The number of aromatic nitrogens is 2. The van der Waals surface area contributed by atoms with Gasteiger partial charge in [0.2, 0.25) is 10.0 Å². The van der Waals surface area contributed by atoms with Crippen LogP contribution in [0.15, 0.2) is 18.2 Å². The van der Waals surface area contributed by atoms with Crippen LogP contribution in [-0.2, 0) is 10.0 Å². The zero-order chi connectivity index (χ0) is 18.1. The third kappa shape index (κ3) is 4.30. The topological polar surface area (TPSA) is 84.0 Å². The molecule has 0 spiro atoms. The Morgan fingerprint density at radius 1 is 1.16 bits per heavy atom. The maximum atomic E-state index is 12.3. The lowest BCUT2D eigenvalue weighted by atomic mass is 9.86. The van der Waals surface area contributed by atoms with Crippen molar-refractivity contribution >= 4 is 38.5 Å². The van der Waals surface area contributed by atoms with Crippen molar-refractivity contribution in [2.45, 2.75) is 57.2 Å². The second-order valence-corrected chi connectivity index (χ2v) is 10.8. The molecule has 0 atom stereocenters. The lowest BCUT2D eigenvalue weighted by Gasteiger charge is -2.31. The van der Waals surface area contributed by atoms with E-state index in [0.29, 0.717) is 5.92 Å². The summed E-state index contributed by atoms with van der Waals surface area (Å²) in [5.41, 5.74) is 2.89. The number of benzene rings is 1. The van der Waals surface area contributed by atoms with Gasteiger partial charge in [0.15, 0.2) is 0 Å². The summed E-state index contributed by atoms with van der Waals surface area (Å²) in [6.45, 7) is 6.09. The van der Waals surface area contributed by atoms with Crippen molar-refractivity contribution in [2.75, 3.05) is 11.9 Å². The third-order valence-corrected chi connectivity index (χ3v) is 7.64. The van der Waals surface area contributed by atoms with Crippen LogP contribution in [0.25, 0.3) is 11.0 Å². The van der Waals surface area contributed by atoms with E-state index in [1.807, 2.05) is 18.2 Å². The van der Waals surface area contributed by atoms with Gasteiger partial charge >= 0.3 is 0 Å². The zero-order valence-electron chi connectivity index (χ0n) is 14.9. The summed E-state index contributed by atoms with van der Waals surface area (Å²) in [5, 5.41) is 3.50. The fourth-order valence-electron chi connectivity index (χ4n) is 3.08. The van der Waals surface area contributed by atoms with Crippen molar-refractivity contribution in [3.05, 3.63) is 18.2 Å². The van der Waals surface area contributed by atoms with Crippen molar-refractivity contribution in [3.63, 3.8) is 0 Å². The number of nitrogens with one attached hydrogen (secondary N) is 2. The quantitative estimate of drug-likeness (QED) is 0.828. The first-order chi connectivity index (χ1) is 11.8. The van der Waals surface area contributed by atoms with Gasteiger partial charge < -0.3 is 5.32 Å². The molecule has 1 saturated carbocycles. The highest BCUT2D eigenvalue weighted by atomic mass is 32.2. The second-order valence-electron chi connectivity index (χ2n) is 7.77. The molecule has 0 saturated heterocycles. The Hall–Kier alpha value is -1.25. The third-order valence-electron chi connectivity index (χ3n) is 4.84. The minimum atomic E-state index is -3.27. The molecule has 0 unspecified atom stereocenters. The first-order valence-corrected chi connectivity index (χ1v) is 10.9. The van der Waals surface area contributed by atoms with E-state index in [2.05, 4.69) is 18.8 Å².